The Kier molecular flexibility index (Phi) is 13.2. The van der Waals surface area contributed by atoms with Crippen molar-refractivity contribution >= 4 is 25.9 Å². The lowest BCUT2D eigenvalue weighted by atomic mass is 9.80. The average Bonchev–Trinajstić information content (AvgIpc) is 3.07. The lowest BCUT2D eigenvalue weighted by Gasteiger charge is -2.39. The Bertz CT molecular complexity index is 1350. The van der Waals surface area contributed by atoms with Crippen molar-refractivity contribution in [3.8, 4) is 0 Å². The number of hydrogen-bond acceptors (Lipinski definition) is 7. The number of ether oxygens (including phenoxy) is 1. The van der Waals surface area contributed by atoms with E-state index in [9.17, 15) is 16.8 Å². The summed E-state index contributed by atoms with van der Waals surface area (Å²) in [7, 11) is -3.69. The molecule has 0 unspecified atom stereocenters. The minimum absolute atomic E-state index is 0.0955. The molecule has 1 saturated carbocycles. The molecule has 3 aliphatic heterocycles. The van der Waals surface area contributed by atoms with Gasteiger partial charge in [0.1, 0.15) is 0 Å². The van der Waals surface area contributed by atoms with Crippen LogP contribution in [0.4, 0.5) is 5.69 Å². The highest BCUT2D eigenvalue weighted by Gasteiger charge is 2.36. The number of sulfonamides is 1. The van der Waals surface area contributed by atoms with Gasteiger partial charge in [-0.05, 0) is 112 Å². The predicted molar refractivity (Wildman–Crippen MR) is 189 cm³/mol. The molecule has 3 heterocycles. The van der Waals surface area contributed by atoms with E-state index in [0.29, 0.717) is 49.5 Å². The summed E-state index contributed by atoms with van der Waals surface area (Å²) >= 11 is 0. The maximum atomic E-state index is 14.2. The third-order valence-electron chi connectivity index (χ3n) is 10.9. The van der Waals surface area contributed by atoms with Crippen LogP contribution in [0.1, 0.15) is 70.6 Å². The monoisotopic (exact) mass is 693 g/mol. The molecule has 0 N–H and O–H groups in total. The Balaban J connectivity index is 1.33. The zero-order chi connectivity index (χ0) is 33.4. The van der Waals surface area contributed by atoms with Gasteiger partial charge in [-0.2, -0.15) is 21.3 Å². The second-order valence-electron chi connectivity index (χ2n) is 14.5. The Labute approximate surface area is 285 Å². The van der Waals surface area contributed by atoms with Gasteiger partial charge < -0.3 is 14.5 Å². The summed E-state index contributed by atoms with van der Waals surface area (Å²) in [6.07, 6.45) is 11.7. The average molecular weight is 694 g/mol. The third-order valence-corrected chi connectivity index (χ3v) is 14.7. The van der Waals surface area contributed by atoms with Crippen molar-refractivity contribution in [1.82, 2.24) is 17.8 Å². The minimum atomic E-state index is -3.81. The van der Waals surface area contributed by atoms with Gasteiger partial charge in [0.2, 0.25) is 10.0 Å². The second kappa shape index (κ2) is 16.9. The first kappa shape index (κ1) is 36.7. The first-order chi connectivity index (χ1) is 22.5. The summed E-state index contributed by atoms with van der Waals surface area (Å²) in [5.41, 5.74) is 1.52. The maximum absolute atomic E-state index is 14.2. The molecule has 0 spiro atoms. The first-order valence-electron chi connectivity index (χ1n) is 18.0. The quantitative estimate of drug-likeness (QED) is 0.366. The van der Waals surface area contributed by atoms with Gasteiger partial charge in [0.15, 0.2) is 0 Å². The highest BCUT2D eigenvalue weighted by molar-refractivity contribution is 7.89. The van der Waals surface area contributed by atoms with Crippen LogP contribution in [0.25, 0.3) is 0 Å². The van der Waals surface area contributed by atoms with E-state index in [0.717, 1.165) is 77.1 Å². The SMILES string of the molecule is C=C1CN(S(=O)(=O)c2ccc(N(C)C)cc2)CCCN(CC2CCCCC2)CCCN(S(=O)(=O)N2CCC(C3CCOCC3)CC2)C1. The number of hydrogen-bond donors (Lipinski definition) is 0. The lowest BCUT2D eigenvalue weighted by molar-refractivity contribution is 0.0361. The zero-order valence-corrected chi connectivity index (χ0v) is 30.5. The molecule has 0 aromatic heterocycles. The molecule has 0 amide bonds. The highest BCUT2D eigenvalue weighted by Crippen LogP contribution is 2.33. The van der Waals surface area contributed by atoms with Crippen molar-refractivity contribution in [2.75, 3.05) is 91.1 Å². The topological polar surface area (TPSA) is 93.7 Å². The number of anilines is 1. The van der Waals surface area contributed by atoms with E-state index in [1.165, 1.54) is 36.4 Å². The van der Waals surface area contributed by atoms with E-state index in [-0.39, 0.29) is 18.0 Å². The molecule has 3 saturated heterocycles. The van der Waals surface area contributed by atoms with Crippen LogP contribution in [-0.4, -0.2) is 121 Å². The second-order valence-corrected chi connectivity index (χ2v) is 18.4. The molecule has 1 aromatic rings. The Morgan fingerprint density at radius 3 is 1.89 bits per heavy atom. The standard InChI is InChI=1S/C35H59N5O5S2/c1-30-27-39(46(41,42)35-13-11-34(12-14-35)36(2)3)21-7-19-37(29-31-9-5-4-6-10-31)20-8-22-40(28-30)47(43,44)38-23-15-32(16-24-38)33-17-25-45-26-18-33/h11-14,31-33H,1,4-10,15-29H2,2-3H3. The van der Waals surface area contributed by atoms with E-state index in [1.807, 2.05) is 31.1 Å². The van der Waals surface area contributed by atoms with Crippen LogP contribution in [0.2, 0.25) is 0 Å². The van der Waals surface area contributed by atoms with Crippen LogP contribution in [-0.2, 0) is 25.0 Å². The van der Waals surface area contributed by atoms with Crippen LogP contribution in [0.15, 0.2) is 41.3 Å². The number of rotatable bonds is 8. The molecular formula is C35H59N5O5S2. The first-order valence-corrected chi connectivity index (χ1v) is 20.9. The van der Waals surface area contributed by atoms with E-state index >= 15 is 0 Å². The Morgan fingerprint density at radius 2 is 1.28 bits per heavy atom. The zero-order valence-electron chi connectivity index (χ0n) is 28.9. The Hall–Kier alpha value is -1.54. The van der Waals surface area contributed by atoms with Crippen LogP contribution < -0.4 is 4.90 Å². The minimum Gasteiger partial charge on any atom is -0.381 e. The van der Waals surface area contributed by atoms with Gasteiger partial charge >= 0.3 is 0 Å². The molecular weight excluding hydrogens is 635 g/mol. The lowest BCUT2D eigenvalue weighted by Crippen LogP contribution is -2.50. The van der Waals surface area contributed by atoms with Crippen LogP contribution in [0.3, 0.4) is 0 Å². The fourth-order valence-corrected chi connectivity index (χ4v) is 11.3. The van der Waals surface area contributed by atoms with Gasteiger partial charge in [0.25, 0.3) is 10.2 Å². The van der Waals surface area contributed by atoms with Crippen molar-refractivity contribution in [2.24, 2.45) is 17.8 Å². The molecule has 0 radical (unpaired) electrons. The summed E-state index contributed by atoms with van der Waals surface area (Å²) in [5, 5.41) is 0. The van der Waals surface area contributed by atoms with E-state index in [2.05, 4.69) is 11.5 Å². The molecule has 10 nitrogen and oxygen atoms in total. The van der Waals surface area contributed by atoms with Crippen LogP contribution in [0.5, 0.6) is 0 Å². The van der Waals surface area contributed by atoms with Gasteiger partial charge in [-0.15, -0.1) is 0 Å². The van der Waals surface area contributed by atoms with Gasteiger partial charge in [0, 0.05) is 78.8 Å². The molecule has 1 aliphatic carbocycles. The number of benzene rings is 1. The summed E-state index contributed by atoms with van der Waals surface area (Å²) in [4.78, 5) is 4.66. The molecule has 5 rings (SSSR count). The fraction of sp³-hybridized carbons (Fsp3) is 0.771. The van der Waals surface area contributed by atoms with E-state index in [4.69, 9.17) is 4.74 Å². The molecule has 0 bridgehead atoms. The van der Waals surface area contributed by atoms with Gasteiger partial charge in [-0.25, -0.2) is 8.42 Å². The molecule has 12 heteroatoms. The summed E-state index contributed by atoms with van der Waals surface area (Å²) in [5.74, 6) is 1.83. The molecule has 0 atom stereocenters. The summed E-state index contributed by atoms with van der Waals surface area (Å²) < 4.78 is 66.8. The molecule has 266 valence electrons. The van der Waals surface area contributed by atoms with Crippen molar-refractivity contribution < 1.29 is 21.6 Å². The normalized spacial score (nSPS) is 24.5. The smallest absolute Gasteiger partial charge is 0.282 e. The summed E-state index contributed by atoms with van der Waals surface area (Å²) in [6, 6.07) is 6.98. The molecule has 4 aliphatic rings. The molecule has 47 heavy (non-hydrogen) atoms. The van der Waals surface area contributed by atoms with Gasteiger partial charge in [-0.1, -0.05) is 25.8 Å². The molecule has 4 fully saturated rings. The maximum Gasteiger partial charge on any atom is 0.282 e. The Morgan fingerprint density at radius 1 is 0.702 bits per heavy atom. The largest absolute Gasteiger partial charge is 0.381 e. The van der Waals surface area contributed by atoms with Crippen LogP contribution in [0, 0.1) is 17.8 Å². The molecule has 1 aromatic carbocycles. The van der Waals surface area contributed by atoms with Crippen molar-refractivity contribution in [3.63, 3.8) is 0 Å². The van der Waals surface area contributed by atoms with E-state index < -0.39 is 20.2 Å². The van der Waals surface area contributed by atoms with Crippen molar-refractivity contribution in [2.45, 2.75) is 75.5 Å². The van der Waals surface area contributed by atoms with Crippen molar-refractivity contribution in [3.05, 3.63) is 36.4 Å². The van der Waals surface area contributed by atoms with Crippen molar-refractivity contribution in [1.29, 1.82) is 0 Å². The van der Waals surface area contributed by atoms with E-state index in [1.54, 1.807) is 20.7 Å². The van der Waals surface area contributed by atoms with Gasteiger partial charge in [-0.3, -0.25) is 0 Å². The highest BCUT2D eigenvalue weighted by atomic mass is 32.2. The predicted octanol–water partition coefficient (Wildman–Crippen LogP) is 4.66. The van der Waals surface area contributed by atoms with Gasteiger partial charge in [0.05, 0.1) is 4.90 Å². The van der Waals surface area contributed by atoms with Crippen LogP contribution >= 0.6 is 0 Å². The number of piperidine rings is 1. The number of nitrogens with zero attached hydrogens (tertiary/aromatic N) is 5. The summed E-state index contributed by atoms with van der Waals surface area (Å²) in [6.45, 7) is 10.5. The third kappa shape index (κ3) is 9.80. The fourth-order valence-electron chi connectivity index (χ4n) is 8.07.